The fourth-order valence-electron chi connectivity index (χ4n) is 3.79. The zero-order valence-corrected chi connectivity index (χ0v) is 24.8. The van der Waals surface area contributed by atoms with Gasteiger partial charge in [0.2, 0.25) is 15.9 Å². The number of carbonyl (C=O) groups excluding carboxylic acids is 2. The number of amides is 1. The quantitative estimate of drug-likeness (QED) is 0.303. The predicted octanol–water partition coefficient (Wildman–Crippen LogP) is 5.72. The number of unbranched alkanes of at least 4 members (excludes halogenated alkanes) is 1. The highest BCUT2D eigenvalue weighted by Gasteiger charge is 2.25. The van der Waals surface area contributed by atoms with Crippen LogP contribution in [-0.4, -0.2) is 39.7 Å². The predicted molar refractivity (Wildman–Crippen MR) is 154 cm³/mol. The molecule has 0 heterocycles. The van der Waals surface area contributed by atoms with E-state index >= 15 is 0 Å². The molecule has 0 fully saturated rings. The molecule has 0 aliphatic rings. The molecule has 2 atom stereocenters. The molecule has 0 radical (unpaired) electrons. The lowest BCUT2D eigenvalue weighted by molar-refractivity contribution is -0.154. The lowest BCUT2D eigenvalue weighted by Gasteiger charge is -2.23. The zero-order valence-electron chi connectivity index (χ0n) is 23.3. The molecule has 210 valence electrons. The molecular formula is C29H41ClN2O5S. The second-order valence-electron chi connectivity index (χ2n) is 10.9. The van der Waals surface area contributed by atoms with Crippen molar-refractivity contribution in [1.82, 2.24) is 5.32 Å². The molecule has 0 spiro atoms. The molecule has 7 nitrogen and oxygen atoms in total. The van der Waals surface area contributed by atoms with Crippen LogP contribution in [0.25, 0.3) is 0 Å². The topological polar surface area (TPSA) is 102 Å². The molecule has 0 aromatic heterocycles. The Morgan fingerprint density at radius 3 is 2.24 bits per heavy atom. The van der Waals surface area contributed by atoms with Gasteiger partial charge >= 0.3 is 5.97 Å². The van der Waals surface area contributed by atoms with Crippen LogP contribution in [-0.2, 0) is 37.2 Å². The molecular weight excluding hydrogens is 524 g/mol. The Morgan fingerprint density at radius 2 is 1.68 bits per heavy atom. The highest BCUT2D eigenvalue weighted by molar-refractivity contribution is 7.92. The monoisotopic (exact) mass is 564 g/mol. The Hall–Kier alpha value is -2.58. The minimum absolute atomic E-state index is 0.108. The number of aryl methyl sites for hydroxylation is 1. The van der Waals surface area contributed by atoms with Crippen LogP contribution in [0.4, 0.5) is 5.69 Å². The van der Waals surface area contributed by atoms with Crippen molar-refractivity contribution in [2.24, 2.45) is 11.3 Å². The van der Waals surface area contributed by atoms with Crippen LogP contribution < -0.4 is 10.0 Å². The van der Waals surface area contributed by atoms with Gasteiger partial charge in [-0.05, 0) is 75.8 Å². The van der Waals surface area contributed by atoms with E-state index in [1.54, 1.807) is 25.1 Å². The van der Waals surface area contributed by atoms with Gasteiger partial charge in [-0.3, -0.25) is 14.3 Å². The van der Waals surface area contributed by atoms with Crippen molar-refractivity contribution in [1.29, 1.82) is 0 Å². The number of halogens is 1. The highest BCUT2D eigenvalue weighted by atomic mass is 35.5. The standard InChI is InChI=1S/C29H41ClN2O5S/c1-7-8-9-21-10-12-22(13-11-21)16-23(19-37-28(34)29(3,4)5)18-31-27(33)20(2)24-14-15-26(25(30)17-24)32-38(6,35)36/h10-15,17,20,23,32H,7-9,16,18-19H2,1-6H3,(H,31,33)/t20-,23+/m0/s1. The minimum atomic E-state index is -3.47. The first kappa shape index (κ1) is 31.6. The molecule has 0 unspecified atom stereocenters. The highest BCUT2D eigenvalue weighted by Crippen LogP contribution is 2.27. The summed E-state index contributed by atoms with van der Waals surface area (Å²) in [6.07, 6.45) is 5.04. The molecule has 9 heteroatoms. The average molecular weight is 565 g/mol. The van der Waals surface area contributed by atoms with E-state index in [-0.39, 0.29) is 35.1 Å². The summed E-state index contributed by atoms with van der Waals surface area (Å²) in [5.74, 6) is -1.11. The number of hydrogen-bond acceptors (Lipinski definition) is 5. The molecule has 0 aliphatic carbocycles. The van der Waals surface area contributed by atoms with Crippen molar-refractivity contribution < 1.29 is 22.7 Å². The molecule has 2 N–H and O–H groups in total. The van der Waals surface area contributed by atoms with Gasteiger partial charge in [0.1, 0.15) is 0 Å². The summed E-state index contributed by atoms with van der Waals surface area (Å²) >= 11 is 6.24. The van der Waals surface area contributed by atoms with Gasteiger partial charge in [0.05, 0.1) is 34.9 Å². The smallest absolute Gasteiger partial charge is 0.311 e. The minimum Gasteiger partial charge on any atom is -0.465 e. The van der Waals surface area contributed by atoms with E-state index in [0.717, 1.165) is 31.1 Å². The van der Waals surface area contributed by atoms with E-state index in [0.29, 0.717) is 18.5 Å². The van der Waals surface area contributed by atoms with Crippen LogP contribution in [0.1, 0.15) is 70.1 Å². The third-order valence-electron chi connectivity index (χ3n) is 6.18. The Balaban J connectivity index is 2.08. The molecule has 0 saturated carbocycles. The summed E-state index contributed by atoms with van der Waals surface area (Å²) in [5.41, 5.74) is 2.72. The number of hydrogen-bond donors (Lipinski definition) is 2. The summed E-state index contributed by atoms with van der Waals surface area (Å²) in [5, 5.41) is 3.20. The molecule has 1 amide bonds. The number of sulfonamides is 1. The molecule has 0 saturated heterocycles. The largest absolute Gasteiger partial charge is 0.465 e. The lowest BCUT2D eigenvalue weighted by atomic mass is 9.96. The first-order valence-electron chi connectivity index (χ1n) is 13.0. The van der Waals surface area contributed by atoms with Crippen molar-refractivity contribution in [3.05, 3.63) is 64.2 Å². The number of rotatable bonds is 13. The summed E-state index contributed by atoms with van der Waals surface area (Å²) in [7, 11) is -3.47. The van der Waals surface area contributed by atoms with E-state index < -0.39 is 21.4 Å². The van der Waals surface area contributed by atoms with Crippen molar-refractivity contribution in [2.45, 2.75) is 66.2 Å². The maximum Gasteiger partial charge on any atom is 0.311 e. The Morgan fingerprint density at radius 1 is 1.05 bits per heavy atom. The van der Waals surface area contributed by atoms with Gasteiger partial charge in [-0.15, -0.1) is 0 Å². The normalized spacial score (nSPS) is 13.4. The number of esters is 1. The number of anilines is 1. The Bertz CT molecular complexity index is 1190. The van der Waals surface area contributed by atoms with Gasteiger partial charge in [-0.25, -0.2) is 8.42 Å². The van der Waals surface area contributed by atoms with Crippen LogP contribution in [0.5, 0.6) is 0 Å². The van der Waals surface area contributed by atoms with E-state index in [2.05, 4.69) is 41.2 Å². The van der Waals surface area contributed by atoms with Gasteiger partial charge in [0.25, 0.3) is 0 Å². The molecule has 38 heavy (non-hydrogen) atoms. The van der Waals surface area contributed by atoms with Gasteiger partial charge in [0, 0.05) is 12.5 Å². The molecule has 0 bridgehead atoms. The van der Waals surface area contributed by atoms with E-state index in [4.69, 9.17) is 16.3 Å². The Kier molecular flexibility index (Phi) is 11.6. The summed E-state index contributed by atoms with van der Waals surface area (Å²) < 4.78 is 31.0. The molecule has 2 aromatic carbocycles. The van der Waals surface area contributed by atoms with Crippen LogP contribution in [0.15, 0.2) is 42.5 Å². The fraction of sp³-hybridized carbons (Fsp3) is 0.517. The molecule has 2 rings (SSSR count). The first-order valence-corrected chi connectivity index (χ1v) is 15.3. The number of carbonyl (C=O) groups is 2. The second-order valence-corrected chi connectivity index (χ2v) is 13.1. The first-order chi connectivity index (χ1) is 17.7. The maximum atomic E-state index is 13.0. The van der Waals surface area contributed by atoms with Crippen LogP contribution >= 0.6 is 11.6 Å². The van der Waals surface area contributed by atoms with E-state index in [9.17, 15) is 18.0 Å². The third-order valence-corrected chi connectivity index (χ3v) is 7.08. The van der Waals surface area contributed by atoms with Crippen molar-refractivity contribution >= 4 is 39.2 Å². The summed E-state index contributed by atoms with van der Waals surface area (Å²) in [4.78, 5) is 25.4. The van der Waals surface area contributed by atoms with Crippen molar-refractivity contribution in [2.75, 3.05) is 24.1 Å². The summed E-state index contributed by atoms with van der Waals surface area (Å²) in [6.45, 7) is 9.89. The maximum absolute atomic E-state index is 13.0. The SMILES string of the molecule is CCCCc1ccc(C[C@H](CNC(=O)[C@@H](C)c2ccc(NS(C)(=O)=O)c(Cl)c2)COC(=O)C(C)(C)C)cc1. The van der Waals surface area contributed by atoms with E-state index in [1.165, 1.54) is 5.56 Å². The van der Waals surface area contributed by atoms with Gasteiger partial charge < -0.3 is 10.1 Å². The van der Waals surface area contributed by atoms with Crippen molar-refractivity contribution in [3.8, 4) is 0 Å². The second kappa shape index (κ2) is 14.0. The lowest BCUT2D eigenvalue weighted by Crippen LogP contribution is -2.36. The number of nitrogens with one attached hydrogen (secondary N) is 2. The third kappa shape index (κ3) is 10.7. The van der Waals surface area contributed by atoms with Gasteiger partial charge in [-0.1, -0.05) is 55.3 Å². The van der Waals surface area contributed by atoms with Crippen LogP contribution in [0.2, 0.25) is 5.02 Å². The number of ether oxygens (including phenoxy) is 1. The Labute approximate surface area is 232 Å². The number of benzene rings is 2. The fourth-order valence-corrected chi connectivity index (χ4v) is 4.66. The van der Waals surface area contributed by atoms with Crippen LogP contribution in [0, 0.1) is 11.3 Å². The summed E-state index contributed by atoms with van der Waals surface area (Å²) in [6, 6.07) is 13.3. The molecule has 0 aliphatic heterocycles. The molecule has 2 aromatic rings. The van der Waals surface area contributed by atoms with E-state index in [1.807, 2.05) is 20.8 Å². The van der Waals surface area contributed by atoms with Gasteiger partial charge in [-0.2, -0.15) is 0 Å². The zero-order chi connectivity index (χ0) is 28.5. The van der Waals surface area contributed by atoms with Crippen molar-refractivity contribution in [3.63, 3.8) is 0 Å². The van der Waals surface area contributed by atoms with Crippen LogP contribution in [0.3, 0.4) is 0 Å². The van der Waals surface area contributed by atoms with Gasteiger partial charge in [0.15, 0.2) is 0 Å². The average Bonchev–Trinajstić information content (AvgIpc) is 2.84.